The largest absolute Gasteiger partial charge is 0.497 e. The molecule has 1 aromatic rings. The van der Waals surface area contributed by atoms with E-state index < -0.39 is 0 Å². The highest BCUT2D eigenvalue weighted by atomic mass is 79.9. The monoisotopic (exact) mass is 302 g/mol. The van der Waals surface area contributed by atoms with Crippen LogP contribution in [0.1, 0.15) is 5.56 Å². The molecule has 0 aliphatic heterocycles. The number of ether oxygens (including phenoxy) is 1. The number of halogens is 3. The van der Waals surface area contributed by atoms with Crippen molar-refractivity contribution in [3.63, 3.8) is 0 Å². The Balaban J connectivity index is 0. The molecule has 1 aromatic carbocycles. The fourth-order valence-corrected chi connectivity index (χ4v) is 1.31. The lowest BCUT2D eigenvalue weighted by atomic mass is 10.2. The van der Waals surface area contributed by atoms with Gasteiger partial charge < -0.3 is 4.74 Å². The van der Waals surface area contributed by atoms with Gasteiger partial charge >= 0.3 is 0 Å². The predicted octanol–water partition coefficient (Wildman–Crippen LogP) is 2.26. The fraction of sp³-hybridized carbons (Fsp3) is 0.250. The van der Waals surface area contributed by atoms with Gasteiger partial charge in [-0.2, -0.15) is 0 Å². The number of benzene rings is 1. The Hall–Kier alpha value is -0.000000000000000111. The molecule has 0 aliphatic carbocycles. The van der Waals surface area contributed by atoms with Gasteiger partial charge in [0, 0.05) is 11.0 Å². The molecule has 6 heteroatoms. The normalized spacial score (nSPS) is 8.50. The van der Waals surface area contributed by atoms with E-state index in [2.05, 4.69) is 21.4 Å². The third kappa shape index (κ3) is 4.48. The van der Waals surface area contributed by atoms with Crippen molar-refractivity contribution in [1.82, 2.24) is 5.43 Å². The van der Waals surface area contributed by atoms with Crippen molar-refractivity contribution in [1.29, 1.82) is 0 Å². The summed E-state index contributed by atoms with van der Waals surface area (Å²) >= 11 is 3.41. The molecule has 0 atom stereocenters. The van der Waals surface area contributed by atoms with Crippen molar-refractivity contribution in [2.75, 3.05) is 7.11 Å². The SMILES string of the molecule is COc1ccc(Br)c(CNN)c1.Cl.Cl. The maximum atomic E-state index is 5.21. The molecule has 0 radical (unpaired) electrons. The molecule has 14 heavy (non-hydrogen) atoms. The van der Waals surface area contributed by atoms with Crippen molar-refractivity contribution in [3.05, 3.63) is 28.2 Å². The Bertz CT molecular complexity index is 274. The molecular formula is C8H13BrCl2N2O. The van der Waals surface area contributed by atoms with Gasteiger partial charge in [0.15, 0.2) is 0 Å². The average Bonchev–Trinajstić information content (AvgIpc) is 2.09. The van der Waals surface area contributed by atoms with E-state index in [1.165, 1.54) is 0 Å². The number of hydrogen-bond donors (Lipinski definition) is 2. The van der Waals surface area contributed by atoms with Gasteiger partial charge in [0.25, 0.3) is 0 Å². The molecule has 0 fully saturated rings. The molecule has 0 saturated carbocycles. The second-order valence-electron chi connectivity index (χ2n) is 2.34. The maximum Gasteiger partial charge on any atom is 0.119 e. The Morgan fingerprint density at radius 2 is 2.07 bits per heavy atom. The van der Waals surface area contributed by atoms with Crippen molar-refractivity contribution >= 4 is 40.7 Å². The first-order valence-electron chi connectivity index (χ1n) is 3.54. The summed E-state index contributed by atoms with van der Waals surface area (Å²) in [4.78, 5) is 0. The highest BCUT2D eigenvalue weighted by molar-refractivity contribution is 9.10. The van der Waals surface area contributed by atoms with E-state index in [1.807, 2.05) is 18.2 Å². The summed E-state index contributed by atoms with van der Waals surface area (Å²) in [5.74, 6) is 6.05. The van der Waals surface area contributed by atoms with Crippen LogP contribution in [-0.4, -0.2) is 7.11 Å². The van der Waals surface area contributed by atoms with Gasteiger partial charge in [-0.1, -0.05) is 15.9 Å². The molecule has 3 N–H and O–H groups in total. The van der Waals surface area contributed by atoms with E-state index in [0.717, 1.165) is 15.8 Å². The van der Waals surface area contributed by atoms with E-state index in [1.54, 1.807) is 7.11 Å². The predicted molar refractivity (Wildman–Crippen MR) is 66.2 cm³/mol. The van der Waals surface area contributed by atoms with E-state index in [4.69, 9.17) is 10.6 Å². The van der Waals surface area contributed by atoms with Gasteiger partial charge in [0.1, 0.15) is 5.75 Å². The number of nitrogens with one attached hydrogen (secondary N) is 1. The Morgan fingerprint density at radius 1 is 1.43 bits per heavy atom. The lowest BCUT2D eigenvalue weighted by molar-refractivity contribution is 0.414. The fourth-order valence-electron chi connectivity index (χ4n) is 0.924. The van der Waals surface area contributed by atoms with E-state index in [9.17, 15) is 0 Å². The molecule has 0 unspecified atom stereocenters. The van der Waals surface area contributed by atoms with Crippen LogP contribution in [-0.2, 0) is 6.54 Å². The molecule has 0 saturated heterocycles. The topological polar surface area (TPSA) is 47.3 Å². The van der Waals surface area contributed by atoms with Crippen LogP contribution in [0.5, 0.6) is 5.75 Å². The zero-order valence-electron chi connectivity index (χ0n) is 7.62. The summed E-state index contributed by atoms with van der Waals surface area (Å²) in [6.45, 7) is 0.623. The third-order valence-corrected chi connectivity index (χ3v) is 2.32. The summed E-state index contributed by atoms with van der Waals surface area (Å²) in [6, 6.07) is 5.76. The van der Waals surface area contributed by atoms with Crippen LogP contribution in [0.3, 0.4) is 0 Å². The second kappa shape index (κ2) is 8.32. The highest BCUT2D eigenvalue weighted by Crippen LogP contribution is 2.21. The summed E-state index contributed by atoms with van der Waals surface area (Å²) in [6.07, 6.45) is 0. The lowest BCUT2D eigenvalue weighted by Gasteiger charge is -2.05. The zero-order chi connectivity index (χ0) is 8.97. The van der Waals surface area contributed by atoms with Crippen LogP contribution in [0.25, 0.3) is 0 Å². The highest BCUT2D eigenvalue weighted by Gasteiger charge is 1.99. The minimum Gasteiger partial charge on any atom is -0.497 e. The molecule has 1 rings (SSSR count). The van der Waals surface area contributed by atoms with Crippen molar-refractivity contribution in [2.24, 2.45) is 5.84 Å². The Morgan fingerprint density at radius 3 is 2.57 bits per heavy atom. The Kier molecular flexibility index (Phi) is 9.76. The van der Waals surface area contributed by atoms with E-state index >= 15 is 0 Å². The smallest absolute Gasteiger partial charge is 0.119 e. The maximum absolute atomic E-state index is 5.21. The number of nitrogens with two attached hydrogens (primary N) is 1. The molecule has 0 spiro atoms. The molecule has 3 nitrogen and oxygen atoms in total. The summed E-state index contributed by atoms with van der Waals surface area (Å²) in [7, 11) is 1.64. The molecule has 82 valence electrons. The zero-order valence-corrected chi connectivity index (χ0v) is 10.8. The summed E-state index contributed by atoms with van der Waals surface area (Å²) < 4.78 is 6.10. The minimum atomic E-state index is 0. The van der Waals surface area contributed by atoms with Crippen LogP contribution in [0.15, 0.2) is 22.7 Å². The van der Waals surface area contributed by atoms with Gasteiger partial charge in [-0.3, -0.25) is 11.3 Å². The van der Waals surface area contributed by atoms with Gasteiger partial charge in [-0.25, -0.2) is 0 Å². The summed E-state index contributed by atoms with van der Waals surface area (Å²) in [5, 5.41) is 0. The number of hydrazine groups is 1. The molecule has 0 aromatic heterocycles. The summed E-state index contributed by atoms with van der Waals surface area (Å²) in [5.41, 5.74) is 3.67. The van der Waals surface area contributed by atoms with Crippen molar-refractivity contribution < 1.29 is 4.74 Å². The molecule has 0 aliphatic rings. The first-order chi connectivity index (χ1) is 5.77. The van der Waals surface area contributed by atoms with Gasteiger partial charge in [-0.05, 0) is 23.8 Å². The average molecular weight is 304 g/mol. The van der Waals surface area contributed by atoms with Gasteiger partial charge in [0.2, 0.25) is 0 Å². The van der Waals surface area contributed by atoms with Crippen molar-refractivity contribution in [2.45, 2.75) is 6.54 Å². The molecule has 0 heterocycles. The van der Waals surface area contributed by atoms with Crippen LogP contribution in [0.2, 0.25) is 0 Å². The van der Waals surface area contributed by atoms with Crippen LogP contribution >= 0.6 is 40.7 Å². The lowest BCUT2D eigenvalue weighted by Crippen LogP contribution is -2.21. The quantitative estimate of drug-likeness (QED) is 0.665. The minimum absolute atomic E-state index is 0. The standard InChI is InChI=1S/C8H11BrN2O.2ClH/c1-12-7-2-3-8(9)6(4-7)5-11-10;;/h2-4,11H,5,10H2,1H3;2*1H. The number of rotatable bonds is 3. The van der Waals surface area contributed by atoms with Gasteiger partial charge in [0.05, 0.1) is 7.11 Å². The van der Waals surface area contributed by atoms with Crippen LogP contribution < -0.4 is 16.0 Å². The third-order valence-electron chi connectivity index (χ3n) is 1.55. The number of hydrogen-bond acceptors (Lipinski definition) is 3. The van der Waals surface area contributed by atoms with Crippen molar-refractivity contribution in [3.8, 4) is 5.75 Å². The second-order valence-corrected chi connectivity index (χ2v) is 3.19. The first kappa shape index (κ1) is 16.4. The number of methoxy groups -OCH3 is 1. The van der Waals surface area contributed by atoms with E-state index in [0.29, 0.717) is 6.54 Å². The van der Waals surface area contributed by atoms with Crippen LogP contribution in [0, 0.1) is 0 Å². The molecular weight excluding hydrogens is 291 g/mol. The Labute approximate surface area is 104 Å². The van der Waals surface area contributed by atoms with E-state index in [-0.39, 0.29) is 24.8 Å². The van der Waals surface area contributed by atoms with Gasteiger partial charge in [-0.15, -0.1) is 24.8 Å². The van der Waals surface area contributed by atoms with Crippen LogP contribution in [0.4, 0.5) is 0 Å². The molecule has 0 amide bonds. The molecule has 0 bridgehead atoms. The first-order valence-corrected chi connectivity index (χ1v) is 4.33.